The summed E-state index contributed by atoms with van der Waals surface area (Å²) in [6.07, 6.45) is 0.668. The van der Waals surface area contributed by atoms with E-state index in [4.69, 9.17) is 5.73 Å². The largest absolute Gasteiger partial charge is 0.397 e. The number of rotatable bonds is 1. The molecule has 1 aliphatic heterocycles. The van der Waals surface area contributed by atoms with E-state index in [0.717, 1.165) is 11.0 Å². The van der Waals surface area contributed by atoms with Gasteiger partial charge in [0.15, 0.2) is 11.6 Å². The van der Waals surface area contributed by atoms with Gasteiger partial charge in [0.05, 0.1) is 5.69 Å². The van der Waals surface area contributed by atoms with E-state index >= 15 is 0 Å². The van der Waals surface area contributed by atoms with Gasteiger partial charge in [0, 0.05) is 13.1 Å². The molecule has 1 heterocycles. The third-order valence-corrected chi connectivity index (χ3v) is 2.45. The Labute approximate surface area is 91.0 Å². The van der Waals surface area contributed by atoms with Crippen molar-refractivity contribution in [1.29, 1.82) is 0 Å². The molecule has 1 aromatic rings. The number of nitrogen functional groups attached to an aromatic ring is 1. The maximum atomic E-state index is 13.5. The van der Waals surface area contributed by atoms with E-state index in [1.54, 1.807) is 0 Å². The van der Waals surface area contributed by atoms with Crippen molar-refractivity contribution in [2.75, 3.05) is 23.7 Å². The molecule has 0 saturated carbocycles. The van der Waals surface area contributed by atoms with Crippen LogP contribution in [-0.4, -0.2) is 19.1 Å². The highest BCUT2D eigenvalue weighted by Crippen LogP contribution is 2.29. The highest BCUT2D eigenvalue weighted by molar-refractivity contribution is 5.95. The minimum absolute atomic E-state index is 0.0518. The van der Waals surface area contributed by atoms with E-state index in [0.29, 0.717) is 19.5 Å². The molecule has 4 nitrogen and oxygen atoms in total. The second kappa shape index (κ2) is 3.96. The Morgan fingerprint density at radius 3 is 2.81 bits per heavy atom. The summed E-state index contributed by atoms with van der Waals surface area (Å²) in [6.45, 7) is 0.864. The Morgan fingerprint density at radius 2 is 2.12 bits per heavy atom. The van der Waals surface area contributed by atoms with Crippen LogP contribution in [0, 0.1) is 11.6 Å². The predicted octanol–water partition coefficient (Wildman–Crippen LogP) is 1.47. The number of nitrogens with two attached hydrogens (primary N) is 1. The van der Waals surface area contributed by atoms with Crippen LogP contribution in [0.25, 0.3) is 0 Å². The van der Waals surface area contributed by atoms with Crippen LogP contribution in [0.3, 0.4) is 0 Å². The SMILES string of the molecule is Nc1ccc(F)c(F)c1N1CCCNC1=O. The van der Waals surface area contributed by atoms with E-state index in [-0.39, 0.29) is 11.4 Å². The van der Waals surface area contributed by atoms with Gasteiger partial charge in [-0.1, -0.05) is 0 Å². The number of amides is 2. The van der Waals surface area contributed by atoms with Crippen LogP contribution in [0.2, 0.25) is 0 Å². The van der Waals surface area contributed by atoms with Gasteiger partial charge >= 0.3 is 6.03 Å². The highest BCUT2D eigenvalue weighted by Gasteiger charge is 2.25. The van der Waals surface area contributed by atoms with Gasteiger partial charge in [-0.3, -0.25) is 4.90 Å². The Balaban J connectivity index is 2.46. The zero-order valence-corrected chi connectivity index (χ0v) is 8.46. The van der Waals surface area contributed by atoms with Crippen molar-refractivity contribution in [1.82, 2.24) is 5.32 Å². The molecule has 16 heavy (non-hydrogen) atoms. The normalized spacial score (nSPS) is 16.1. The summed E-state index contributed by atoms with van der Waals surface area (Å²) in [5, 5.41) is 2.55. The molecule has 0 atom stereocenters. The van der Waals surface area contributed by atoms with Crippen molar-refractivity contribution in [2.24, 2.45) is 0 Å². The van der Waals surface area contributed by atoms with Crippen molar-refractivity contribution in [3.8, 4) is 0 Å². The number of urea groups is 1. The molecule has 1 aromatic carbocycles. The second-order valence-corrected chi connectivity index (χ2v) is 3.54. The fraction of sp³-hybridized carbons (Fsp3) is 0.300. The molecule has 1 saturated heterocycles. The predicted molar refractivity (Wildman–Crippen MR) is 56.1 cm³/mol. The summed E-state index contributed by atoms with van der Waals surface area (Å²) in [5.74, 6) is -2.10. The van der Waals surface area contributed by atoms with E-state index in [1.807, 2.05) is 0 Å². The van der Waals surface area contributed by atoms with Crippen molar-refractivity contribution in [3.05, 3.63) is 23.8 Å². The number of hydrogen-bond acceptors (Lipinski definition) is 2. The standard InChI is InChI=1S/C10H11F2N3O/c11-6-2-3-7(13)9(8(6)12)15-5-1-4-14-10(15)16/h2-3H,1,4-5,13H2,(H,14,16). The summed E-state index contributed by atoms with van der Waals surface area (Å²) in [7, 11) is 0. The van der Waals surface area contributed by atoms with Crippen LogP contribution >= 0.6 is 0 Å². The first kappa shape index (κ1) is 10.7. The summed E-state index contributed by atoms with van der Waals surface area (Å²) < 4.78 is 26.6. The van der Waals surface area contributed by atoms with Crippen LogP contribution in [0.1, 0.15) is 6.42 Å². The first-order chi connectivity index (χ1) is 7.61. The van der Waals surface area contributed by atoms with Crippen molar-refractivity contribution in [3.63, 3.8) is 0 Å². The lowest BCUT2D eigenvalue weighted by Crippen LogP contribution is -2.47. The Bertz CT molecular complexity index is 436. The average Bonchev–Trinajstić information content (AvgIpc) is 2.27. The van der Waals surface area contributed by atoms with Crippen LogP contribution < -0.4 is 16.0 Å². The van der Waals surface area contributed by atoms with Gasteiger partial charge in [-0.2, -0.15) is 0 Å². The minimum Gasteiger partial charge on any atom is -0.397 e. The number of carbonyl (C=O) groups excluding carboxylic acids is 1. The number of nitrogens with zero attached hydrogens (tertiary/aromatic N) is 1. The van der Waals surface area contributed by atoms with Crippen molar-refractivity contribution < 1.29 is 13.6 Å². The van der Waals surface area contributed by atoms with Crippen LogP contribution in [0.5, 0.6) is 0 Å². The number of halogens is 2. The zero-order valence-electron chi connectivity index (χ0n) is 8.46. The van der Waals surface area contributed by atoms with E-state index in [1.165, 1.54) is 6.07 Å². The van der Waals surface area contributed by atoms with Gasteiger partial charge in [-0.15, -0.1) is 0 Å². The average molecular weight is 227 g/mol. The van der Waals surface area contributed by atoms with Gasteiger partial charge in [-0.25, -0.2) is 13.6 Å². The maximum absolute atomic E-state index is 13.5. The Hall–Kier alpha value is -1.85. The molecule has 1 fully saturated rings. The first-order valence-electron chi connectivity index (χ1n) is 4.90. The molecule has 0 unspecified atom stereocenters. The van der Waals surface area contributed by atoms with Crippen LogP contribution in [0.4, 0.5) is 25.0 Å². The number of benzene rings is 1. The van der Waals surface area contributed by atoms with E-state index < -0.39 is 17.7 Å². The minimum atomic E-state index is -1.09. The Kier molecular flexibility index (Phi) is 2.64. The van der Waals surface area contributed by atoms with Crippen LogP contribution in [-0.2, 0) is 0 Å². The molecule has 86 valence electrons. The van der Waals surface area contributed by atoms with Gasteiger partial charge < -0.3 is 11.1 Å². The molecule has 0 bridgehead atoms. The van der Waals surface area contributed by atoms with Gasteiger partial charge in [0.25, 0.3) is 0 Å². The lowest BCUT2D eigenvalue weighted by atomic mass is 10.2. The monoisotopic (exact) mass is 227 g/mol. The van der Waals surface area contributed by atoms with E-state index in [9.17, 15) is 13.6 Å². The molecule has 2 rings (SSSR count). The molecule has 3 N–H and O–H groups in total. The van der Waals surface area contributed by atoms with E-state index in [2.05, 4.69) is 5.32 Å². The fourth-order valence-corrected chi connectivity index (χ4v) is 1.67. The quantitative estimate of drug-likeness (QED) is 0.714. The molecule has 1 aliphatic rings. The van der Waals surface area contributed by atoms with Crippen LogP contribution in [0.15, 0.2) is 12.1 Å². The smallest absolute Gasteiger partial charge is 0.322 e. The first-order valence-corrected chi connectivity index (χ1v) is 4.90. The number of carbonyl (C=O) groups is 1. The third-order valence-electron chi connectivity index (χ3n) is 2.45. The molecular weight excluding hydrogens is 216 g/mol. The second-order valence-electron chi connectivity index (χ2n) is 3.54. The Morgan fingerprint density at radius 1 is 1.38 bits per heavy atom. The van der Waals surface area contributed by atoms with Crippen molar-refractivity contribution in [2.45, 2.75) is 6.42 Å². The lowest BCUT2D eigenvalue weighted by molar-refractivity contribution is 0.242. The summed E-state index contributed by atoms with van der Waals surface area (Å²) in [6, 6.07) is 1.73. The maximum Gasteiger partial charge on any atom is 0.322 e. The fourth-order valence-electron chi connectivity index (χ4n) is 1.67. The molecule has 2 amide bonds. The van der Waals surface area contributed by atoms with Gasteiger partial charge in [0.1, 0.15) is 5.69 Å². The third kappa shape index (κ3) is 1.66. The lowest BCUT2D eigenvalue weighted by Gasteiger charge is -2.28. The molecule has 0 aromatic heterocycles. The summed E-state index contributed by atoms with van der Waals surface area (Å²) >= 11 is 0. The molecule has 0 radical (unpaired) electrons. The zero-order chi connectivity index (χ0) is 11.7. The highest BCUT2D eigenvalue weighted by atomic mass is 19.2. The van der Waals surface area contributed by atoms with Gasteiger partial charge in [-0.05, 0) is 18.6 Å². The molecule has 6 heteroatoms. The topological polar surface area (TPSA) is 58.4 Å². The molecule has 0 aliphatic carbocycles. The number of anilines is 2. The summed E-state index contributed by atoms with van der Waals surface area (Å²) in [4.78, 5) is 12.6. The number of nitrogens with one attached hydrogen (secondary N) is 1. The number of hydrogen-bond donors (Lipinski definition) is 2. The summed E-state index contributed by atoms with van der Waals surface area (Å²) in [5.41, 5.74) is 5.42. The molecular formula is C10H11F2N3O. The van der Waals surface area contributed by atoms with Crippen molar-refractivity contribution >= 4 is 17.4 Å². The molecule has 0 spiro atoms. The van der Waals surface area contributed by atoms with Gasteiger partial charge in [0.2, 0.25) is 0 Å².